The fourth-order valence-corrected chi connectivity index (χ4v) is 4.80. The second kappa shape index (κ2) is 8.23. The number of nitrogens with one attached hydrogen (secondary N) is 3. The van der Waals surface area contributed by atoms with Crippen LogP contribution in [0.4, 0.5) is 17.5 Å². The summed E-state index contributed by atoms with van der Waals surface area (Å²) >= 11 is 0. The molecule has 0 radical (unpaired) electrons. The van der Waals surface area contributed by atoms with Gasteiger partial charge in [-0.1, -0.05) is 30.3 Å². The Morgan fingerprint density at radius 3 is 2.70 bits per heavy atom. The third-order valence-corrected chi connectivity index (χ3v) is 6.89. The number of carbonyl (C=O) groups is 1. The summed E-state index contributed by atoms with van der Waals surface area (Å²) < 4.78 is 21.1. The molecule has 30 heavy (non-hydrogen) atoms. The minimum absolute atomic E-state index is 0.0226. The maximum absolute atomic E-state index is 12.8. The molecule has 1 atom stereocenters. The maximum Gasteiger partial charge on any atom is 0.229 e. The zero-order valence-corrected chi connectivity index (χ0v) is 17.5. The number of Topliss-reactive ketones (excluding diaryl/α,β-unsaturated/α-hetero) is 1. The summed E-state index contributed by atoms with van der Waals surface area (Å²) in [6, 6.07) is 14.5. The smallest absolute Gasteiger partial charge is 0.229 e. The zero-order chi connectivity index (χ0) is 21.1. The summed E-state index contributed by atoms with van der Waals surface area (Å²) in [4.78, 5) is 21.1. The number of fused-ring (bicyclic) bond motifs is 4. The van der Waals surface area contributed by atoms with Crippen LogP contribution in [0.5, 0.6) is 0 Å². The van der Waals surface area contributed by atoms with Crippen molar-refractivity contribution in [2.24, 2.45) is 0 Å². The van der Waals surface area contributed by atoms with Gasteiger partial charge in [0.1, 0.15) is 5.82 Å². The van der Waals surface area contributed by atoms with Crippen molar-refractivity contribution in [1.82, 2.24) is 9.97 Å². The Labute approximate surface area is 175 Å². The van der Waals surface area contributed by atoms with Crippen molar-refractivity contribution in [3.8, 4) is 11.1 Å². The number of hydrogen-bond acceptors (Lipinski definition) is 7. The van der Waals surface area contributed by atoms with Crippen LogP contribution in [0.1, 0.15) is 30.1 Å². The van der Waals surface area contributed by atoms with Gasteiger partial charge in [0.05, 0.1) is 9.73 Å². The van der Waals surface area contributed by atoms with Crippen molar-refractivity contribution < 1.29 is 9.00 Å². The molecular weight excluding hydrogens is 398 g/mol. The van der Waals surface area contributed by atoms with Crippen LogP contribution in [0.25, 0.3) is 11.1 Å². The van der Waals surface area contributed by atoms with E-state index in [0.29, 0.717) is 46.6 Å². The van der Waals surface area contributed by atoms with Gasteiger partial charge in [0, 0.05) is 40.2 Å². The molecule has 0 aliphatic carbocycles. The molecule has 0 spiro atoms. The first-order chi connectivity index (χ1) is 14.4. The molecule has 1 aliphatic rings. The largest absolute Gasteiger partial charge is 0.369 e. The predicted octanol–water partition coefficient (Wildman–Crippen LogP) is 4.70. The lowest BCUT2D eigenvalue weighted by Crippen LogP contribution is -2.09. The molecule has 4 rings (SSSR count). The first-order valence-corrected chi connectivity index (χ1v) is 11.5. The van der Waals surface area contributed by atoms with Crippen LogP contribution in [0.15, 0.2) is 59.6 Å². The van der Waals surface area contributed by atoms with Crippen molar-refractivity contribution in [2.75, 3.05) is 22.9 Å². The molecule has 154 valence electrons. The van der Waals surface area contributed by atoms with Crippen LogP contribution in [-0.4, -0.2) is 32.3 Å². The van der Waals surface area contributed by atoms with Crippen molar-refractivity contribution in [2.45, 2.75) is 24.7 Å². The first kappa shape index (κ1) is 20.0. The van der Waals surface area contributed by atoms with Gasteiger partial charge in [0.25, 0.3) is 0 Å². The number of anilines is 3. The van der Waals surface area contributed by atoms with Gasteiger partial charge in [-0.15, -0.1) is 0 Å². The average Bonchev–Trinajstić information content (AvgIpc) is 2.74. The minimum atomic E-state index is -2.83. The molecule has 3 N–H and O–H groups in total. The summed E-state index contributed by atoms with van der Waals surface area (Å²) in [5.41, 5.74) is 3.10. The molecule has 0 saturated carbocycles. The molecule has 2 heterocycles. The highest BCUT2D eigenvalue weighted by molar-refractivity contribution is 7.92. The number of benzene rings is 2. The zero-order valence-electron chi connectivity index (χ0n) is 16.6. The van der Waals surface area contributed by atoms with E-state index in [9.17, 15) is 9.00 Å². The molecule has 3 aromatic rings. The van der Waals surface area contributed by atoms with E-state index in [0.717, 1.165) is 17.5 Å². The van der Waals surface area contributed by atoms with Crippen LogP contribution in [0.2, 0.25) is 0 Å². The lowest BCUT2D eigenvalue weighted by molar-refractivity contribution is 0.101. The van der Waals surface area contributed by atoms with E-state index in [1.165, 1.54) is 0 Å². The standard InChI is InChI=1S/C22H23N5O2S/c1-15(28)16-7-9-17(10-8-16)20-14-25-22-26-18-5-4-6-19(13-18)30(23,29)12-3-2-11-24-21(20)27-22/h4-10,13-14,23H,2-3,11-12H2,1H3,(H2,24,25,26,27). The highest BCUT2D eigenvalue weighted by Crippen LogP contribution is 2.29. The third kappa shape index (κ3) is 4.33. The average molecular weight is 422 g/mol. The highest BCUT2D eigenvalue weighted by Gasteiger charge is 2.14. The van der Waals surface area contributed by atoms with Gasteiger partial charge < -0.3 is 10.6 Å². The van der Waals surface area contributed by atoms with Crippen molar-refractivity contribution in [3.63, 3.8) is 0 Å². The Morgan fingerprint density at radius 1 is 1.13 bits per heavy atom. The van der Waals surface area contributed by atoms with Gasteiger partial charge >= 0.3 is 0 Å². The second-order valence-electron chi connectivity index (χ2n) is 7.26. The molecule has 7 nitrogen and oxygen atoms in total. The van der Waals surface area contributed by atoms with Gasteiger partial charge in [0.2, 0.25) is 5.95 Å². The molecule has 8 heteroatoms. The molecule has 1 aliphatic heterocycles. The van der Waals surface area contributed by atoms with Gasteiger partial charge in [-0.25, -0.2) is 14.0 Å². The van der Waals surface area contributed by atoms with E-state index in [4.69, 9.17) is 4.78 Å². The van der Waals surface area contributed by atoms with Gasteiger partial charge in [-0.3, -0.25) is 4.79 Å². The Morgan fingerprint density at radius 2 is 1.93 bits per heavy atom. The monoisotopic (exact) mass is 421 g/mol. The molecular formula is C22H23N5O2S. The summed E-state index contributed by atoms with van der Waals surface area (Å²) in [5.74, 6) is 1.44. The topological polar surface area (TPSA) is 108 Å². The predicted molar refractivity (Wildman–Crippen MR) is 119 cm³/mol. The molecule has 1 unspecified atom stereocenters. The van der Waals surface area contributed by atoms with Crippen molar-refractivity contribution in [3.05, 3.63) is 60.3 Å². The molecule has 2 aromatic carbocycles. The van der Waals surface area contributed by atoms with E-state index in [-0.39, 0.29) is 5.78 Å². The Hall–Kier alpha value is -3.26. The number of ketones is 1. The van der Waals surface area contributed by atoms with Crippen molar-refractivity contribution in [1.29, 1.82) is 4.78 Å². The van der Waals surface area contributed by atoms with E-state index in [1.807, 2.05) is 18.2 Å². The fourth-order valence-electron chi connectivity index (χ4n) is 3.34. The Balaban J connectivity index is 1.72. The van der Waals surface area contributed by atoms with Crippen molar-refractivity contribution >= 4 is 33.0 Å². The van der Waals surface area contributed by atoms with Crippen LogP contribution in [0, 0.1) is 4.78 Å². The van der Waals surface area contributed by atoms with E-state index in [1.54, 1.807) is 43.5 Å². The van der Waals surface area contributed by atoms with Crippen LogP contribution in [0.3, 0.4) is 0 Å². The highest BCUT2D eigenvalue weighted by atomic mass is 32.2. The maximum atomic E-state index is 12.8. The molecule has 0 fully saturated rings. The number of aromatic nitrogens is 2. The Bertz CT molecular complexity index is 1190. The lowest BCUT2D eigenvalue weighted by Gasteiger charge is -2.13. The summed E-state index contributed by atoms with van der Waals surface area (Å²) in [6.07, 6.45) is 3.19. The normalized spacial score (nSPS) is 18.7. The van der Waals surface area contributed by atoms with Crippen LogP contribution < -0.4 is 10.6 Å². The quantitative estimate of drug-likeness (QED) is 0.518. The summed E-state index contributed by atoms with van der Waals surface area (Å²) in [6.45, 7) is 2.18. The summed E-state index contributed by atoms with van der Waals surface area (Å²) in [5, 5.41) is 6.50. The van der Waals surface area contributed by atoms with Crippen LogP contribution in [-0.2, 0) is 9.73 Å². The van der Waals surface area contributed by atoms with Crippen LogP contribution >= 0.6 is 0 Å². The molecule has 1 aromatic heterocycles. The van der Waals surface area contributed by atoms with E-state index in [2.05, 4.69) is 20.6 Å². The molecule has 0 amide bonds. The SMILES string of the molecule is CC(=O)c1ccc(-c2cnc3nc2NCCCCS(=N)(=O)c2cccc(c2)N3)cc1. The lowest BCUT2D eigenvalue weighted by atomic mass is 10.0. The van der Waals surface area contributed by atoms with Gasteiger partial charge in [0.15, 0.2) is 5.78 Å². The van der Waals surface area contributed by atoms with Gasteiger partial charge in [-0.05, 0) is 43.5 Å². The number of rotatable bonds is 2. The minimum Gasteiger partial charge on any atom is -0.369 e. The fraction of sp³-hybridized carbons (Fsp3) is 0.227. The third-order valence-electron chi connectivity index (χ3n) is 5.01. The number of hydrogen-bond donors (Lipinski definition) is 3. The van der Waals surface area contributed by atoms with E-state index < -0.39 is 9.73 Å². The van der Waals surface area contributed by atoms with E-state index >= 15 is 0 Å². The second-order valence-corrected chi connectivity index (χ2v) is 9.49. The molecule has 4 bridgehead atoms. The summed E-state index contributed by atoms with van der Waals surface area (Å²) in [7, 11) is -2.83. The number of carbonyl (C=O) groups excluding carboxylic acids is 1. The first-order valence-electron chi connectivity index (χ1n) is 9.78. The van der Waals surface area contributed by atoms with Gasteiger partial charge in [-0.2, -0.15) is 4.98 Å². The number of nitrogens with zero attached hydrogens (tertiary/aromatic N) is 2. The molecule has 0 saturated heterocycles. The Kier molecular flexibility index (Phi) is 5.50.